The third-order valence-corrected chi connectivity index (χ3v) is 14.9. The van der Waals surface area contributed by atoms with Gasteiger partial charge in [0.15, 0.2) is 6.10 Å². The number of allylic oxidation sites excluding steroid dienone is 4. The van der Waals surface area contributed by atoms with Gasteiger partial charge >= 0.3 is 17.9 Å². The maximum absolute atomic E-state index is 12.8. The van der Waals surface area contributed by atoms with Crippen molar-refractivity contribution in [3.05, 3.63) is 24.3 Å². The second-order valence-electron chi connectivity index (χ2n) is 22.4. The van der Waals surface area contributed by atoms with Gasteiger partial charge in [0.2, 0.25) is 0 Å². The smallest absolute Gasteiger partial charge is 0.306 e. The third kappa shape index (κ3) is 60.6. The first kappa shape index (κ1) is 70.9. The molecule has 0 spiro atoms. The molecule has 0 fully saturated rings. The number of ether oxygens (including phenoxy) is 3. The van der Waals surface area contributed by atoms with Crippen molar-refractivity contribution < 1.29 is 28.6 Å². The standard InChI is InChI=1S/C67H126O6/c1-4-7-10-13-16-19-21-23-24-25-26-27-28-29-30-31-32-33-34-35-36-37-38-39-40-41-42-43-44-45-47-48-51-54-57-60-66(69)72-63-64(62-71-65(68)59-56-53-50-18-15-12-9-6-3)73-67(70)61-58-55-52-49-46-22-20-17-14-11-8-5-2/h17,20,25-26,64H,4-16,18-19,21-24,27-63H2,1-3H3/b20-17-,26-25-. The van der Waals surface area contributed by atoms with E-state index >= 15 is 0 Å². The second-order valence-corrected chi connectivity index (χ2v) is 22.4. The fourth-order valence-electron chi connectivity index (χ4n) is 9.97. The van der Waals surface area contributed by atoms with Crippen LogP contribution in [0.5, 0.6) is 0 Å². The zero-order valence-electron chi connectivity index (χ0n) is 49.4. The molecule has 0 bridgehead atoms. The fraction of sp³-hybridized carbons (Fsp3) is 0.896. The number of carbonyl (C=O) groups excluding carboxylic acids is 3. The molecule has 6 nitrogen and oxygen atoms in total. The van der Waals surface area contributed by atoms with Crippen LogP contribution in [0.15, 0.2) is 24.3 Å². The van der Waals surface area contributed by atoms with Crippen molar-refractivity contribution in [3.8, 4) is 0 Å². The maximum Gasteiger partial charge on any atom is 0.306 e. The first-order chi connectivity index (χ1) is 36.0. The summed E-state index contributed by atoms with van der Waals surface area (Å²) in [6.45, 7) is 6.62. The summed E-state index contributed by atoms with van der Waals surface area (Å²) in [5.41, 5.74) is 0. The summed E-state index contributed by atoms with van der Waals surface area (Å²) in [4.78, 5) is 38.0. The van der Waals surface area contributed by atoms with E-state index < -0.39 is 6.10 Å². The molecule has 0 heterocycles. The normalized spacial score (nSPS) is 12.1. The largest absolute Gasteiger partial charge is 0.462 e. The number of hydrogen-bond donors (Lipinski definition) is 0. The lowest BCUT2D eigenvalue weighted by Gasteiger charge is -2.18. The van der Waals surface area contributed by atoms with Gasteiger partial charge in [-0.25, -0.2) is 0 Å². The molecule has 0 radical (unpaired) electrons. The number of unbranched alkanes of at least 4 members (excludes halogenated alkanes) is 46. The van der Waals surface area contributed by atoms with Gasteiger partial charge in [-0.15, -0.1) is 0 Å². The molecule has 0 aliphatic carbocycles. The van der Waals surface area contributed by atoms with Crippen LogP contribution in [0, 0.1) is 0 Å². The summed E-state index contributed by atoms with van der Waals surface area (Å²) >= 11 is 0. The Labute approximate surface area is 455 Å². The van der Waals surface area contributed by atoms with Crippen LogP contribution in [0.2, 0.25) is 0 Å². The van der Waals surface area contributed by atoms with Gasteiger partial charge in [-0.2, -0.15) is 0 Å². The van der Waals surface area contributed by atoms with Gasteiger partial charge in [0.1, 0.15) is 13.2 Å². The number of rotatable bonds is 61. The number of hydrogen-bond acceptors (Lipinski definition) is 6. The van der Waals surface area contributed by atoms with E-state index in [-0.39, 0.29) is 31.1 Å². The Morgan fingerprint density at radius 3 is 0.712 bits per heavy atom. The van der Waals surface area contributed by atoms with Crippen LogP contribution in [0.4, 0.5) is 0 Å². The zero-order chi connectivity index (χ0) is 52.9. The van der Waals surface area contributed by atoms with Crippen molar-refractivity contribution in [1.29, 1.82) is 0 Å². The van der Waals surface area contributed by atoms with Crippen LogP contribution < -0.4 is 0 Å². The lowest BCUT2D eigenvalue weighted by Crippen LogP contribution is -2.30. The van der Waals surface area contributed by atoms with Crippen molar-refractivity contribution in [3.63, 3.8) is 0 Å². The van der Waals surface area contributed by atoms with Crippen LogP contribution in [-0.2, 0) is 28.6 Å². The molecule has 0 aromatic carbocycles. The molecule has 1 atom stereocenters. The molecule has 430 valence electrons. The average Bonchev–Trinajstić information content (AvgIpc) is 3.39. The molecule has 0 aromatic rings. The van der Waals surface area contributed by atoms with E-state index in [2.05, 4.69) is 45.1 Å². The monoisotopic (exact) mass is 1030 g/mol. The number of esters is 3. The van der Waals surface area contributed by atoms with E-state index in [1.54, 1.807) is 0 Å². The van der Waals surface area contributed by atoms with Gasteiger partial charge in [-0.05, 0) is 70.6 Å². The van der Waals surface area contributed by atoms with Crippen molar-refractivity contribution in [2.45, 2.75) is 374 Å². The van der Waals surface area contributed by atoms with E-state index in [0.717, 1.165) is 64.2 Å². The van der Waals surface area contributed by atoms with Crippen LogP contribution in [0.25, 0.3) is 0 Å². The second kappa shape index (κ2) is 62.4. The molecule has 6 heteroatoms. The highest BCUT2D eigenvalue weighted by atomic mass is 16.6. The first-order valence-corrected chi connectivity index (χ1v) is 32.8. The number of carbonyl (C=O) groups is 3. The molecule has 0 rings (SSSR count). The van der Waals surface area contributed by atoms with Gasteiger partial charge in [0.25, 0.3) is 0 Å². The van der Waals surface area contributed by atoms with Crippen LogP contribution in [-0.4, -0.2) is 37.2 Å². The summed E-state index contributed by atoms with van der Waals surface area (Å²) in [6.07, 6.45) is 75.3. The lowest BCUT2D eigenvalue weighted by molar-refractivity contribution is -0.167. The summed E-state index contributed by atoms with van der Waals surface area (Å²) < 4.78 is 16.8. The predicted molar refractivity (Wildman–Crippen MR) is 316 cm³/mol. The summed E-state index contributed by atoms with van der Waals surface area (Å²) in [5.74, 6) is -0.863. The fourth-order valence-corrected chi connectivity index (χ4v) is 9.97. The highest BCUT2D eigenvalue weighted by Gasteiger charge is 2.19. The Bertz CT molecular complexity index is 1180. The Kier molecular flexibility index (Phi) is 60.6. The Morgan fingerprint density at radius 1 is 0.260 bits per heavy atom. The Morgan fingerprint density at radius 2 is 0.452 bits per heavy atom. The minimum Gasteiger partial charge on any atom is -0.462 e. The molecule has 0 aliphatic rings. The van der Waals surface area contributed by atoms with Crippen LogP contribution in [0.1, 0.15) is 367 Å². The summed E-state index contributed by atoms with van der Waals surface area (Å²) in [6, 6.07) is 0. The average molecular weight is 1030 g/mol. The minimum atomic E-state index is -0.769. The van der Waals surface area contributed by atoms with E-state index in [1.807, 2.05) is 0 Å². The van der Waals surface area contributed by atoms with E-state index in [1.165, 1.54) is 263 Å². The van der Waals surface area contributed by atoms with Crippen molar-refractivity contribution >= 4 is 17.9 Å². The van der Waals surface area contributed by atoms with E-state index in [9.17, 15) is 14.4 Å². The summed E-state index contributed by atoms with van der Waals surface area (Å²) in [7, 11) is 0. The quantitative estimate of drug-likeness (QED) is 0.0261. The van der Waals surface area contributed by atoms with Gasteiger partial charge in [0.05, 0.1) is 0 Å². The third-order valence-electron chi connectivity index (χ3n) is 14.9. The molecule has 0 amide bonds. The van der Waals surface area contributed by atoms with Gasteiger partial charge in [0, 0.05) is 19.3 Å². The van der Waals surface area contributed by atoms with Gasteiger partial charge < -0.3 is 14.2 Å². The zero-order valence-corrected chi connectivity index (χ0v) is 49.4. The van der Waals surface area contributed by atoms with Crippen LogP contribution in [0.3, 0.4) is 0 Å². The van der Waals surface area contributed by atoms with Crippen molar-refractivity contribution in [2.75, 3.05) is 13.2 Å². The topological polar surface area (TPSA) is 78.9 Å². The maximum atomic E-state index is 12.8. The molecular formula is C67H126O6. The van der Waals surface area contributed by atoms with Crippen molar-refractivity contribution in [1.82, 2.24) is 0 Å². The molecule has 73 heavy (non-hydrogen) atoms. The van der Waals surface area contributed by atoms with Gasteiger partial charge in [-0.1, -0.05) is 302 Å². The van der Waals surface area contributed by atoms with E-state index in [4.69, 9.17) is 14.2 Å². The first-order valence-electron chi connectivity index (χ1n) is 32.8. The van der Waals surface area contributed by atoms with Crippen molar-refractivity contribution in [2.24, 2.45) is 0 Å². The Balaban J connectivity index is 3.88. The summed E-state index contributed by atoms with van der Waals surface area (Å²) in [5, 5.41) is 0. The van der Waals surface area contributed by atoms with E-state index in [0.29, 0.717) is 19.3 Å². The molecule has 0 aromatic heterocycles. The Hall–Kier alpha value is -2.11. The molecular weight excluding hydrogens is 901 g/mol. The minimum absolute atomic E-state index is 0.0693. The highest BCUT2D eigenvalue weighted by molar-refractivity contribution is 5.71. The molecule has 0 saturated heterocycles. The molecule has 1 unspecified atom stereocenters. The van der Waals surface area contributed by atoms with Crippen LogP contribution >= 0.6 is 0 Å². The SMILES string of the molecule is CCCCC/C=C\CCCCCCCC(=O)OC(COC(=O)CCCCCCCCCC)COC(=O)CCCCCCCCCCCCCCCCCCCCCCCCC/C=C\CCCCCCCCCC. The highest BCUT2D eigenvalue weighted by Crippen LogP contribution is 2.18. The van der Waals surface area contributed by atoms with Gasteiger partial charge in [-0.3, -0.25) is 14.4 Å². The predicted octanol–water partition coefficient (Wildman–Crippen LogP) is 22.2. The lowest BCUT2D eigenvalue weighted by atomic mass is 10.0. The molecule has 0 N–H and O–H groups in total. The molecule has 0 aliphatic heterocycles. The molecule has 0 saturated carbocycles.